The SMILES string of the molecule is CC1(C)C2Cc3cccc4c3C1(CCN2C(=O)c1ccc2nc[nH]c2c1)O4. The molecule has 6 rings (SSSR count). The number of carbonyl (C=O) groups is 1. The summed E-state index contributed by atoms with van der Waals surface area (Å²) in [6.07, 6.45) is 3.40. The zero-order chi connectivity index (χ0) is 18.4. The van der Waals surface area contributed by atoms with E-state index in [2.05, 4.69) is 46.9 Å². The number of hydrogen-bond donors (Lipinski definition) is 1. The van der Waals surface area contributed by atoms with Crippen LogP contribution in [0.15, 0.2) is 42.7 Å². The third-order valence-corrected chi connectivity index (χ3v) is 7.10. The Hall–Kier alpha value is -2.82. The summed E-state index contributed by atoms with van der Waals surface area (Å²) in [4.78, 5) is 22.9. The Balaban J connectivity index is 1.43. The van der Waals surface area contributed by atoms with Gasteiger partial charge in [-0.05, 0) is 36.2 Å². The van der Waals surface area contributed by atoms with Crippen molar-refractivity contribution in [3.8, 4) is 5.75 Å². The summed E-state index contributed by atoms with van der Waals surface area (Å²) in [5.41, 5.74) is 4.85. The lowest BCUT2D eigenvalue weighted by atomic mass is 9.54. The number of benzene rings is 2. The molecule has 1 amide bonds. The standard InChI is InChI=1S/C22H21N3O2/c1-21(2)18-11-13-4-3-5-17-19(13)22(21,27-17)8-9-25(18)20(26)14-6-7-15-16(10-14)24-12-23-15/h3-7,10,12,18H,8-9,11H2,1-2H3,(H,23,24). The van der Waals surface area contributed by atoms with Crippen molar-refractivity contribution in [2.45, 2.75) is 38.3 Å². The maximum Gasteiger partial charge on any atom is 0.254 e. The summed E-state index contributed by atoms with van der Waals surface area (Å²) < 4.78 is 6.37. The number of rotatable bonds is 1. The first-order valence-electron chi connectivity index (χ1n) is 9.57. The summed E-state index contributed by atoms with van der Waals surface area (Å²) in [5.74, 6) is 1.13. The Labute approximate surface area is 157 Å². The molecular weight excluding hydrogens is 338 g/mol. The molecule has 1 fully saturated rings. The molecule has 2 bridgehead atoms. The fourth-order valence-electron chi connectivity index (χ4n) is 5.58. The van der Waals surface area contributed by atoms with Crippen LogP contribution in [-0.2, 0) is 12.0 Å². The third kappa shape index (κ3) is 1.70. The number of nitrogens with one attached hydrogen (secondary N) is 1. The second-order valence-electron chi connectivity index (χ2n) is 8.54. The van der Waals surface area contributed by atoms with Crippen molar-refractivity contribution >= 4 is 16.9 Å². The molecule has 1 spiro atoms. The second-order valence-corrected chi connectivity index (χ2v) is 8.54. The molecule has 5 nitrogen and oxygen atoms in total. The fourth-order valence-corrected chi connectivity index (χ4v) is 5.58. The average Bonchev–Trinajstić information content (AvgIpc) is 3.08. The van der Waals surface area contributed by atoms with Crippen molar-refractivity contribution in [3.63, 3.8) is 0 Å². The summed E-state index contributed by atoms with van der Waals surface area (Å²) in [5, 5.41) is 0. The lowest BCUT2D eigenvalue weighted by molar-refractivity contribution is -0.167. The van der Waals surface area contributed by atoms with E-state index in [0.29, 0.717) is 5.56 Å². The van der Waals surface area contributed by atoms with Crippen molar-refractivity contribution in [1.82, 2.24) is 14.9 Å². The average molecular weight is 359 g/mol. The first-order chi connectivity index (χ1) is 13.0. The number of imidazole rings is 1. The quantitative estimate of drug-likeness (QED) is 0.722. The number of H-pyrrole nitrogens is 1. The number of likely N-dealkylation sites (tertiary alicyclic amines) is 1. The molecule has 2 unspecified atom stereocenters. The van der Waals surface area contributed by atoms with Gasteiger partial charge in [0.05, 0.1) is 17.4 Å². The number of piperidine rings is 1. The maximum absolute atomic E-state index is 13.4. The molecule has 5 heteroatoms. The van der Waals surface area contributed by atoms with E-state index < -0.39 is 0 Å². The Morgan fingerprint density at radius 1 is 1.30 bits per heavy atom. The van der Waals surface area contributed by atoms with E-state index in [1.165, 1.54) is 11.1 Å². The van der Waals surface area contributed by atoms with E-state index in [-0.39, 0.29) is 23.0 Å². The van der Waals surface area contributed by atoms with Gasteiger partial charge in [0.25, 0.3) is 5.91 Å². The van der Waals surface area contributed by atoms with Gasteiger partial charge in [-0.2, -0.15) is 0 Å². The molecule has 0 radical (unpaired) electrons. The predicted molar refractivity (Wildman–Crippen MR) is 102 cm³/mol. The van der Waals surface area contributed by atoms with Crippen LogP contribution in [0.4, 0.5) is 0 Å². The van der Waals surface area contributed by atoms with Crippen molar-refractivity contribution in [3.05, 3.63) is 59.4 Å². The van der Waals surface area contributed by atoms with Crippen LogP contribution in [0.1, 0.15) is 41.8 Å². The van der Waals surface area contributed by atoms with Crippen LogP contribution in [-0.4, -0.2) is 33.4 Å². The molecule has 3 aromatic rings. The maximum atomic E-state index is 13.4. The van der Waals surface area contributed by atoms with Gasteiger partial charge < -0.3 is 14.6 Å². The monoisotopic (exact) mass is 359 g/mol. The van der Waals surface area contributed by atoms with E-state index in [4.69, 9.17) is 4.74 Å². The number of hydrogen-bond acceptors (Lipinski definition) is 3. The lowest BCUT2D eigenvalue weighted by Gasteiger charge is -2.65. The Morgan fingerprint density at radius 3 is 3.07 bits per heavy atom. The molecule has 2 aromatic carbocycles. The summed E-state index contributed by atoms with van der Waals surface area (Å²) in [6, 6.07) is 12.2. The fraction of sp³-hybridized carbons (Fsp3) is 0.364. The number of ether oxygens (including phenoxy) is 1. The van der Waals surface area contributed by atoms with Crippen molar-refractivity contribution in [1.29, 1.82) is 0 Å². The van der Waals surface area contributed by atoms with Crippen LogP contribution in [0.2, 0.25) is 0 Å². The van der Waals surface area contributed by atoms with Crippen LogP contribution in [0.3, 0.4) is 0 Å². The van der Waals surface area contributed by atoms with Gasteiger partial charge in [-0.1, -0.05) is 26.0 Å². The van der Waals surface area contributed by atoms with E-state index in [1.54, 1.807) is 6.33 Å². The molecule has 136 valence electrons. The number of amides is 1. The zero-order valence-corrected chi connectivity index (χ0v) is 15.5. The van der Waals surface area contributed by atoms with Gasteiger partial charge in [-0.3, -0.25) is 4.79 Å². The minimum absolute atomic E-state index is 0.0957. The topological polar surface area (TPSA) is 58.2 Å². The predicted octanol–water partition coefficient (Wildman–Crippen LogP) is 3.65. The normalized spacial score (nSPS) is 26.9. The minimum Gasteiger partial charge on any atom is -0.481 e. The van der Waals surface area contributed by atoms with E-state index in [1.807, 2.05) is 18.2 Å². The molecule has 27 heavy (non-hydrogen) atoms. The highest BCUT2D eigenvalue weighted by Gasteiger charge is 2.66. The smallest absolute Gasteiger partial charge is 0.254 e. The molecular formula is C22H21N3O2. The van der Waals surface area contributed by atoms with Gasteiger partial charge in [0.2, 0.25) is 0 Å². The third-order valence-electron chi connectivity index (χ3n) is 7.10. The van der Waals surface area contributed by atoms with E-state index >= 15 is 0 Å². The second kappa shape index (κ2) is 4.71. The number of aromatic nitrogens is 2. The van der Waals surface area contributed by atoms with Crippen LogP contribution >= 0.6 is 0 Å². The van der Waals surface area contributed by atoms with Gasteiger partial charge in [0.1, 0.15) is 11.4 Å². The van der Waals surface area contributed by atoms with E-state index in [0.717, 1.165) is 36.2 Å². The highest BCUT2D eigenvalue weighted by molar-refractivity contribution is 5.97. The first kappa shape index (κ1) is 15.3. The molecule has 3 heterocycles. The Bertz CT molecular complexity index is 1120. The number of nitrogens with zero attached hydrogens (tertiary/aromatic N) is 2. The van der Waals surface area contributed by atoms with Crippen LogP contribution in [0.5, 0.6) is 5.75 Å². The minimum atomic E-state index is -0.244. The van der Waals surface area contributed by atoms with Crippen molar-refractivity contribution < 1.29 is 9.53 Å². The molecule has 0 saturated carbocycles. The molecule has 3 aliphatic rings. The number of fused-ring (bicyclic) bond motifs is 2. The van der Waals surface area contributed by atoms with Crippen molar-refractivity contribution in [2.75, 3.05) is 6.54 Å². The number of carbonyl (C=O) groups excluding carboxylic acids is 1. The van der Waals surface area contributed by atoms with Crippen LogP contribution < -0.4 is 4.74 Å². The van der Waals surface area contributed by atoms with Crippen LogP contribution in [0, 0.1) is 5.41 Å². The van der Waals surface area contributed by atoms with Gasteiger partial charge >= 0.3 is 0 Å². The highest BCUT2D eigenvalue weighted by Crippen LogP contribution is 2.64. The Morgan fingerprint density at radius 2 is 2.19 bits per heavy atom. The lowest BCUT2D eigenvalue weighted by Crippen LogP contribution is -2.70. The Kier molecular flexibility index (Phi) is 2.66. The highest BCUT2D eigenvalue weighted by atomic mass is 16.5. The van der Waals surface area contributed by atoms with E-state index in [9.17, 15) is 4.79 Å². The van der Waals surface area contributed by atoms with Gasteiger partial charge in [-0.25, -0.2) is 4.98 Å². The molecule has 1 saturated heterocycles. The molecule has 1 N–H and O–H groups in total. The molecule has 2 atom stereocenters. The number of aromatic amines is 1. The van der Waals surface area contributed by atoms with Crippen molar-refractivity contribution in [2.24, 2.45) is 5.41 Å². The van der Waals surface area contributed by atoms with Crippen LogP contribution in [0.25, 0.3) is 11.0 Å². The summed E-state index contributed by atoms with van der Waals surface area (Å²) in [7, 11) is 0. The zero-order valence-electron chi connectivity index (χ0n) is 15.5. The summed E-state index contributed by atoms with van der Waals surface area (Å²) in [6.45, 7) is 5.24. The molecule has 2 aliphatic heterocycles. The summed E-state index contributed by atoms with van der Waals surface area (Å²) >= 11 is 0. The molecule has 1 aromatic heterocycles. The molecule has 1 aliphatic carbocycles. The van der Waals surface area contributed by atoms with Gasteiger partial charge in [-0.15, -0.1) is 0 Å². The largest absolute Gasteiger partial charge is 0.481 e. The van der Waals surface area contributed by atoms with Gasteiger partial charge in [0, 0.05) is 35.5 Å². The first-order valence-corrected chi connectivity index (χ1v) is 9.57. The van der Waals surface area contributed by atoms with Gasteiger partial charge in [0.15, 0.2) is 0 Å².